The van der Waals surface area contributed by atoms with Gasteiger partial charge in [0.25, 0.3) is 5.91 Å². The third-order valence-electron chi connectivity index (χ3n) is 5.74. The SMILES string of the molecule is CCc1ccc(N=C2S/C(=C\c3cc(Br)cc(OC)c3OC)C(=O)N2c2ccc(CC)cc2)cc1. The molecule has 1 fully saturated rings. The summed E-state index contributed by atoms with van der Waals surface area (Å²) in [7, 11) is 3.18. The van der Waals surface area contributed by atoms with Crippen LogP contribution in [0.25, 0.3) is 6.08 Å². The van der Waals surface area contributed by atoms with Gasteiger partial charge in [-0.1, -0.05) is 54.0 Å². The van der Waals surface area contributed by atoms with Gasteiger partial charge in [-0.15, -0.1) is 0 Å². The van der Waals surface area contributed by atoms with E-state index in [-0.39, 0.29) is 5.91 Å². The Kier molecular flexibility index (Phi) is 7.98. The summed E-state index contributed by atoms with van der Waals surface area (Å²) in [5.41, 5.74) is 4.78. The Morgan fingerprint density at radius 2 is 1.57 bits per heavy atom. The molecule has 5 nitrogen and oxygen atoms in total. The molecule has 7 heteroatoms. The number of rotatable bonds is 7. The maximum Gasteiger partial charge on any atom is 0.271 e. The van der Waals surface area contributed by atoms with Crippen molar-refractivity contribution in [1.82, 2.24) is 0 Å². The van der Waals surface area contributed by atoms with Crippen LogP contribution in [0.1, 0.15) is 30.5 Å². The van der Waals surface area contributed by atoms with Crippen LogP contribution in [-0.2, 0) is 17.6 Å². The molecule has 1 heterocycles. The van der Waals surface area contributed by atoms with Crippen molar-refractivity contribution in [3.05, 3.63) is 86.7 Å². The molecule has 0 radical (unpaired) electrons. The van der Waals surface area contributed by atoms with E-state index >= 15 is 0 Å². The second-order valence-electron chi connectivity index (χ2n) is 7.92. The third-order valence-corrected chi connectivity index (χ3v) is 7.16. The van der Waals surface area contributed by atoms with E-state index in [0.717, 1.165) is 34.3 Å². The molecule has 0 atom stereocenters. The number of hydrogen-bond acceptors (Lipinski definition) is 5. The molecule has 1 saturated heterocycles. The van der Waals surface area contributed by atoms with E-state index < -0.39 is 0 Å². The van der Waals surface area contributed by atoms with E-state index in [9.17, 15) is 4.79 Å². The fourth-order valence-electron chi connectivity index (χ4n) is 3.78. The van der Waals surface area contributed by atoms with Crippen LogP contribution >= 0.6 is 27.7 Å². The van der Waals surface area contributed by atoms with Crippen molar-refractivity contribution in [2.24, 2.45) is 4.99 Å². The monoisotopic (exact) mass is 550 g/mol. The molecule has 0 saturated carbocycles. The van der Waals surface area contributed by atoms with Crippen LogP contribution in [0.15, 0.2) is 75.0 Å². The lowest BCUT2D eigenvalue weighted by Gasteiger charge is -2.16. The van der Waals surface area contributed by atoms with Crippen LogP contribution in [-0.4, -0.2) is 25.3 Å². The Morgan fingerprint density at radius 3 is 2.14 bits per heavy atom. The fourth-order valence-corrected chi connectivity index (χ4v) is 5.23. The predicted molar refractivity (Wildman–Crippen MR) is 149 cm³/mol. The van der Waals surface area contributed by atoms with Crippen molar-refractivity contribution in [1.29, 1.82) is 0 Å². The first-order valence-electron chi connectivity index (χ1n) is 11.4. The maximum atomic E-state index is 13.7. The van der Waals surface area contributed by atoms with Gasteiger partial charge in [0.05, 0.1) is 30.5 Å². The molecular formula is C28H27BrN2O3S. The predicted octanol–water partition coefficient (Wildman–Crippen LogP) is 7.40. The summed E-state index contributed by atoms with van der Waals surface area (Å²) >= 11 is 4.87. The third kappa shape index (κ3) is 5.46. The number of amides is 1. The summed E-state index contributed by atoms with van der Waals surface area (Å²) in [5, 5.41) is 0.607. The summed E-state index contributed by atoms with van der Waals surface area (Å²) in [5.74, 6) is 1.02. The van der Waals surface area contributed by atoms with Crippen molar-refractivity contribution >= 4 is 56.2 Å². The number of benzene rings is 3. The largest absolute Gasteiger partial charge is 0.493 e. The lowest BCUT2D eigenvalue weighted by atomic mass is 10.1. The number of carbonyl (C=O) groups excluding carboxylic acids is 1. The number of hydrogen-bond donors (Lipinski definition) is 0. The van der Waals surface area contributed by atoms with E-state index in [1.54, 1.807) is 19.1 Å². The lowest BCUT2D eigenvalue weighted by Crippen LogP contribution is -2.28. The number of anilines is 1. The zero-order valence-corrected chi connectivity index (χ0v) is 22.6. The number of methoxy groups -OCH3 is 2. The number of ether oxygens (including phenoxy) is 2. The molecule has 0 aliphatic carbocycles. The quantitative estimate of drug-likeness (QED) is 0.287. The highest BCUT2D eigenvalue weighted by Gasteiger charge is 2.35. The number of thioether (sulfide) groups is 1. The van der Waals surface area contributed by atoms with E-state index in [2.05, 4.69) is 41.9 Å². The van der Waals surface area contributed by atoms with Crippen molar-refractivity contribution in [2.45, 2.75) is 26.7 Å². The van der Waals surface area contributed by atoms with E-state index in [1.165, 1.54) is 22.9 Å². The summed E-state index contributed by atoms with van der Waals surface area (Å²) in [6.07, 6.45) is 3.73. The first-order valence-corrected chi connectivity index (χ1v) is 13.0. The summed E-state index contributed by atoms with van der Waals surface area (Å²) in [6, 6.07) is 19.9. The molecule has 0 bridgehead atoms. The zero-order chi connectivity index (χ0) is 24.9. The highest BCUT2D eigenvalue weighted by molar-refractivity contribution is 9.10. The lowest BCUT2D eigenvalue weighted by molar-refractivity contribution is -0.113. The number of carbonyl (C=O) groups is 1. The van der Waals surface area contributed by atoms with Crippen LogP contribution < -0.4 is 14.4 Å². The molecule has 0 N–H and O–H groups in total. The Hall–Kier alpha value is -3.03. The topological polar surface area (TPSA) is 51.1 Å². The van der Waals surface area contributed by atoms with Gasteiger partial charge in [0.2, 0.25) is 0 Å². The van der Waals surface area contributed by atoms with Gasteiger partial charge in [0, 0.05) is 10.0 Å². The molecule has 35 heavy (non-hydrogen) atoms. The molecule has 0 aromatic heterocycles. The summed E-state index contributed by atoms with van der Waals surface area (Å²) in [4.78, 5) is 20.7. The van der Waals surface area contributed by atoms with Gasteiger partial charge in [-0.05, 0) is 78.2 Å². The van der Waals surface area contributed by atoms with Crippen molar-refractivity contribution in [2.75, 3.05) is 19.1 Å². The van der Waals surface area contributed by atoms with Crippen molar-refractivity contribution < 1.29 is 14.3 Å². The number of aryl methyl sites for hydroxylation is 2. The molecule has 1 amide bonds. The molecule has 1 aliphatic rings. The van der Waals surface area contributed by atoms with E-state index in [0.29, 0.717) is 21.6 Å². The smallest absolute Gasteiger partial charge is 0.271 e. The molecule has 1 aliphatic heterocycles. The highest BCUT2D eigenvalue weighted by Crippen LogP contribution is 2.41. The number of amidine groups is 1. The second kappa shape index (κ2) is 11.1. The van der Waals surface area contributed by atoms with Crippen LogP contribution in [0.5, 0.6) is 11.5 Å². The van der Waals surface area contributed by atoms with Crippen LogP contribution in [0.2, 0.25) is 0 Å². The Balaban J connectivity index is 1.80. The van der Waals surface area contributed by atoms with Gasteiger partial charge < -0.3 is 9.47 Å². The Morgan fingerprint density at radius 1 is 0.943 bits per heavy atom. The first-order chi connectivity index (χ1) is 17.0. The van der Waals surface area contributed by atoms with Gasteiger partial charge in [0.1, 0.15) is 0 Å². The van der Waals surface area contributed by atoms with Crippen molar-refractivity contribution in [3.8, 4) is 11.5 Å². The minimum atomic E-state index is -0.135. The van der Waals surface area contributed by atoms with Crippen LogP contribution in [0.4, 0.5) is 11.4 Å². The normalized spacial score (nSPS) is 15.8. The summed E-state index contributed by atoms with van der Waals surface area (Å²) in [6.45, 7) is 4.23. The van der Waals surface area contributed by atoms with Crippen molar-refractivity contribution in [3.63, 3.8) is 0 Å². The molecule has 3 aromatic rings. The molecule has 3 aromatic carbocycles. The second-order valence-corrected chi connectivity index (χ2v) is 9.84. The van der Waals surface area contributed by atoms with Crippen LogP contribution in [0, 0.1) is 0 Å². The van der Waals surface area contributed by atoms with E-state index in [4.69, 9.17) is 14.5 Å². The molecule has 4 rings (SSSR count). The summed E-state index contributed by atoms with van der Waals surface area (Å²) < 4.78 is 11.9. The molecule has 0 unspecified atom stereocenters. The van der Waals surface area contributed by atoms with Gasteiger partial charge >= 0.3 is 0 Å². The van der Waals surface area contributed by atoms with Gasteiger partial charge in [-0.3, -0.25) is 9.69 Å². The number of halogens is 1. The Bertz CT molecular complexity index is 1280. The Labute approximate surface area is 219 Å². The van der Waals surface area contributed by atoms with Gasteiger partial charge in [-0.2, -0.15) is 0 Å². The van der Waals surface area contributed by atoms with Crippen LogP contribution in [0.3, 0.4) is 0 Å². The average molecular weight is 552 g/mol. The molecular weight excluding hydrogens is 524 g/mol. The standard InChI is InChI=1S/C28H27BrN2O3S/c1-5-18-7-11-22(12-8-18)30-28-31(23-13-9-19(6-2)10-14-23)27(32)25(35-28)16-20-15-21(29)17-24(33-3)26(20)34-4/h7-17H,5-6H2,1-4H3/b25-16-,30-28?. The zero-order valence-electron chi connectivity index (χ0n) is 20.2. The highest BCUT2D eigenvalue weighted by atomic mass is 79.9. The van der Waals surface area contributed by atoms with Gasteiger partial charge in [-0.25, -0.2) is 4.99 Å². The fraction of sp³-hybridized carbons (Fsp3) is 0.214. The van der Waals surface area contributed by atoms with Gasteiger partial charge in [0.15, 0.2) is 16.7 Å². The average Bonchev–Trinajstić information content (AvgIpc) is 3.18. The molecule has 0 spiro atoms. The first kappa shape index (κ1) is 25.1. The molecule has 180 valence electrons. The minimum absolute atomic E-state index is 0.135. The maximum absolute atomic E-state index is 13.7. The van der Waals surface area contributed by atoms with E-state index in [1.807, 2.05) is 54.6 Å². The number of aliphatic imine (C=N–C) groups is 1. The minimum Gasteiger partial charge on any atom is -0.493 e. The number of nitrogens with zero attached hydrogens (tertiary/aromatic N) is 2.